The summed E-state index contributed by atoms with van der Waals surface area (Å²) in [5, 5.41) is 2.35. The number of hydrazine groups is 1. The summed E-state index contributed by atoms with van der Waals surface area (Å²) in [6.07, 6.45) is 0.0815. The average molecular weight is 425 g/mol. The second kappa shape index (κ2) is 8.14. The van der Waals surface area contributed by atoms with Crippen molar-refractivity contribution >= 4 is 40.6 Å². The highest BCUT2D eigenvalue weighted by Gasteiger charge is 2.31. The Kier molecular flexibility index (Phi) is 5.64. The first-order chi connectivity index (χ1) is 13.8. The van der Waals surface area contributed by atoms with Crippen LogP contribution in [-0.4, -0.2) is 25.8 Å². The number of amides is 1. The molecular weight excluding hydrogens is 413 g/mol. The number of nitrogen functional groups attached to an aromatic ring is 1. The van der Waals surface area contributed by atoms with Gasteiger partial charge in [-0.05, 0) is 18.2 Å². The molecule has 9 nitrogen and oxygen atoms in total. The fraction of sp³-hybridized carbons (Fsp3) is 0.0625. The molecule has 5 N–H and O–H groups in total. The van der Waals surface area contributed by atoms with Crippen molar-refractivity contribution in [2.75, 3.05) is 16.5 Å². The Bertz CT molecular complexity index is 1030. The van der Waals surface area contributed by atoms with E-state index >= 15 is 0 Å². The van der Waals surface area contributed by atoms with Crippen molar-refractivity contribution in [3.05, 3.63) is 59.3 Å². The van der Waals surface area contributed by atoms with Crippen LogP contribution in [0.2, 0.25) is 5.02 Å². The van der Waals surface area contributed by atoms with E-state index in [1.807, 2.05) is 0 Å². The normalized spacial score (nSPS) is 11.0. The van der Waals surface area contributed by atoms with Crippen LogP contribution in [-0.2, 0) is 6.18 Å². The maximum absolute atomic E-state index is 12.7. The Balaban J connectivity index is 1.74. The highest BCUT2D eigenvalue weighted by Crippen LogP contribution is 2.34. The van der Waals surface area contributed by atoms with E-state index in [0.717, 1.165) is 12.4 Å². The molecule has 0 aliphatic heterocycles. The lowest BCUT2D eigenvalue weighted by Crippen LogP contribution is -2.30. The van der Waals surface area contributed by atoms with Crippen LogP contribution in [0.15, 0.2) is 43.1 Å². The minimum absolute atomic E-state index is 0.0230. The maximum Gasteiger partial charge on any atom is 0.417 e. The van der Waals surface area contributed by atoms with E-state index in [9.17, 15) is 18.0 Å². The molecule has 0 saturated heterocycles. The van der Waals surface area contributed by atoms with E-state index in [-0.39, 0.29) is 28.2 Å². The molecule has 0 unspecified atom stereocenters. The number of pyridine rings is 2. The molecule has 0 aliphatic carbocycles. The molecule has 150 valence electrons. The van der Waals surface area contributed by atoms with Gasteiger partial charge in [-0.2, -0.15) is 13.2 Å². The molecule has 1 amide bonds. The maximum atomic E-state index is 12.7. The fourth-order valence-corrected chi connectivity index (χ4v) is 2.30. The summed E-state index contributed by atoms with van der Waals surface area (Å²) in [6.45, 7) is 0. The number of aromatic nitrogens is 4. The van der Waals surface area contributed by atoms with Gasteiger partial charge in [-0.15, -0.1) is 0 Å². The summed E-state index contributed by atoms with van der Waals surface area (Å²) < 4.78 is 38.1. The van der Waals surface area contributed by atoms with Crippen molar-refractivity contribution in [2.45, 2.75) is 6.18 Å². The first-order valence-corrected chi connectivity index (χ1v) is 8.20. The van der Waals surface area contributed by atoms with E-state index < -0.39 is 17.6 Å². The number of nitrogens with two attached hydrogens (primary N) is 1. The minimum atomic E-state index is -4.58. The molecule has 3 aromatic heterocycles. The number of hydrogen-bond donors (Lipinski definition) is 4. The molecular formula is C16H12ClF3N8O. The average Bonchev–Trinajstić information content (AvgIpc) is 2.69. The molecule has 0 bridgehead atoms. The van der Waals surface area contributed by atoms with Gasteiger partial charge in [-0.3, -0.25) is 20.6 Å². The number of anilines is 4. The van der Waals surface area contributed by atoms with Crippen molar-refractivity contribution in [1.82, 2.24) is 25.4 Å². The monoisotopic (exact) mass is 424 g/mol. The van der Waals surface area contributed by atoms with Crippen molar-refractivity contribution in [2.24, 2.45) is 0 Å². The van der Waals surface area contributed by atoms with E-state index in [1.165, 1.54) is 24.5 Å². The van der Waals surface area contributed by atoms with E-state index in [1.54, 1.807) is 0 Å². The van der Waals surface area contributed by atoms with Crippen LogP contribution in [0.25, 0.3) is 0 Å². The van der Waals surface area contributed by atoms with Gasteiger partial charge in [-0.1, -0.05) is 11.6 Å². The lowest BCUT2D eigenvalue weighted by molar-refractivity contribution is -0.137. The van der Waals surface area contributed by atoms with Crippen molar-refractivity contribution in [3.63, 3.8) is 0 Å². The summed E-state index contributed by atoms with van der Waals surface area (Å²) in [4.78, 5) is 27.3. The molecule has 29 heavy (non-hydrogen) atoms. The first kappa shape index (κ1) is 20.1. The predicted molar refractivity (Wildman–Crippen MR) is 99.3 cm³/mol. The third-order valence-corrected chi connectivity index (χ3v) is 3.81. The van der Waals surface area contributed by atoms with Gasteiger partial charge in [-0.25, -0.2) is 15.0 Å². The third kappa shape index (κ3) is 4.79. The molecule has 0 spiro atoms. The smallest absolute Gasteiger partial charge is 0.393 e. The molecule has 3 rings (SSSR count). The highest BCUT2D eigenvalue weighted by atomic mass is 35.5. The van der Waals surface area contributed by atoms with Gasteiger partial charge < -0.3 is 11.1 Å². The molecule has 0 aromatic carbocycles. The predicted octanol–water partition coefficient (Wildman–Crippen LogP) is 3.02. The second-order valence-electron chi connectivity index (χ2n) is 5.48. The number of rotatable bonds is 5. The summed E-state index contributed by atoms with van der Waals surface area (Å²) in [7, 11) is 0. The summed E-state index contributed by atoms with van der Waals surface area (Å²) >= 11 is 5.86. The Morgan fingerprint density at radius 1 is 1.07 bits per heavy atom. The lowest BCUT2D eigenvalue weighted by atomic mass is 10.2. The van der Waals surface area contributed by atoms with Crippen molar-refractivity contribution in [1.29, 1.82) is 0 Å². The fourth-order valence-electron chi connectivity index (χ4n) is 2.08. The number of alkyl halides is 3. The van der Waals surface area contributed by atoms with Gasteiger partial charge in [0.15, 0.2) is 11.6 Å². The first-order valence-electron chi connectivity index (χ1n) is 7.82. The van der Waals surface area contributed by atoms with Crippen LogP contribution in [0.3, 0.4) is 0 Å². The lowest BCUT2D eigenvalue weighted by Gasteiger charge is -2.14. The van der Waals surface area contributed by atoms with Crippen LogP contribution in [0, 0.1) is 0 Å². The van der Waals surface area contributed by atoms with E-state index in [0.29, 0.717) is 11.8 Å². The molecule has 3 aromatic rings. The zero-order valence-electron chi connectivity index (χ0n) is 14.3. The Morgan fingerprint density at radius 3 is 2.41 bits per heavy atom. The second-order valence-corrected chi connectivity index (χ2v) is 5.88. The molecule has 13 heteroatoms. The molecule has 0 atom stereocenters. The minimum Gasteiger partial charge on any atom is -0.393 e. The quantitative estimate of drug-likeness (QED) is 0.460. The van der Waals surface area contributed by atoms with Crippen molar-refractivity contribution in [3.8, 4) is 0 Å². The number of halogens is 4. The number of nitrogens with one attached hydrogen (secondary N) is 3. The van der Waals surface area contributed by atoms with Gasteiger partial charge in [0, 0.05) is 24.2 Å². The zero-order chi connectivity index (χ0) is 21.0. The van der Waals surface area contributed by atoms with Gasteiger partial charge >= 0.3 is 6.18 Å². The Hall–Kier alpha value is -3.67. The topological polar surface area (TPSA) is 131 Å². The van der Waals surface area contributed by atoms with Crippen molar-refractivity contribution < 1.29 is 18.0 Å². The number of carbonyl (C=O) groups is 1. The summed E-state index contributed by atoms with van der Waals surface area (Å²) in [5.41, 5.74) is 10.2. The SMILES string of the molecule is Nc1c(NNC(=O)c2ccncc2)ncnc1Nc1ncc(C(F)(F)F)cc1Cl. The molecule has 0 saturated carbocycles. The molecule has 0 radical (unpaired) electrons. The molecule has 3 heterocycles. The van der Waals surface area contributed by atoms with E-state index in [4.69, 9.17) is 17.3 Å². The standard InChI is InChI=1S/C16H12ClF3N8O/c17-10-5-9(16(18,19)20)6-23-12(10)26-13-11(21)14(25-7-24-13)27-28-15(29)8-1-3-22-4-2-8/h1-7H,21H2,(H,28,29)(H2,23,24,25,26,27). The van der Waals surface area contributed by atoms with Gasteiger partial charge in [0.25, 0.3) is 5.91 Å². The number of carbonyl (C=O) groups excluding carboxylic acids is 1. The number of nitrogens with zero attached hydrogens (tertiary/aromatic N) is 4. The van der Waals surface area contributed by atoms with Crippen LogP contribution < -0.4 is 21.9 Å². The highest BCUT2D eigenvalue weighted by molar-refractivity contribution is 6.33. The molecule has 0 fully saturated rings. The largest absolute Gasteiger partial charge is 0.417 e. The van der Waals surface area contributed by atoms with Gasteiger partial charge in [0.05, 0.1) is 10.6 Å². The van der Waals surface area contributed by atoms with Crippen LogP contribution in [0.1, 0.15) is 15.9 Å². The van der Waals surface area contributed by atoms with Crippen LogP contribution in [0.4, 0.5) is 36.3 Å². The number of hydrogen-bond acceptors (Lipinski definition) is 8. The van der Waals surface area contributed by atoms with Gasteiger partial charge in [0.2, 0.25) is 0 Å². The zero-order valence-corrected chi connectivity index (χ0v) is 15.1. The third-order valence-electron chi connectivity index (χ3n) is 3.53. The summed E-state index contributed by atoms with van der Waals surface area (Å²) in [6, 6.07) is 3.74. The Morgan fingerprint density at radius 2 is 1.76 bits per heavy atom. The summed E-state index contributed by atoms with van der Waals surface area (Å²) in [5.74, 6) is -0.480. The van der Waals surface area contributed by atoms with Crippen LogP contribution >= 0.6 is 11.6 Å². The molecule has 0 aliphatic rings. The van der Waals surface area contributed by atoms with Gasteiger partial charge in [0.1, 0.15) is 17.8 Å². The van der Waals surface area contributed by atoms with E-state index in [2.05, 4.69) is 36.1 Å². The Labute approximate surface area is 166 Å². The van der Waals surface area contributed by atoms with Crippen LogP contribution in [0.5, 0.6) is 0 Å².